The molecule has 0 aliphatic rings. The van der Waals surface area contributed by atoms with Crippen LogP contribution in [0.2, 0.25) is 0 Å². The highest BCUT2D eigenvalue weighted by Crippen LogP contribution is 2.32. The van der Waals surface area contributed by atoms with E-state index < -0.39 is 40.5 Å². The summed E-state index contributed by atoms with van der Waals surface area (Å²) in [5.74, 6) is -10.5. The van der Waals surface area contributed by atoms with Gasteiger partial charge in [-0.25, -0.2) is 22.0 Å². The molecule has 0 N–H and O–H groups in total. The van der Waals surface area contributed by atoms with Gasteiger partial charge < -0.3 is 0 Å². The molecule has 1 atom stereocenters. The minimum absolute atomic E-state index is 0.0724. The molecular weight excluding hydrogens is 430 g/mol. The number of rotatable bonds is 6. The second kappa shape index (κ2) is 9.61. The number of halogens is 5. The molecule has 0 nitrogen and oxygen atoms in total. The predicted molar refractivity (Wildman–Crippen MR) is 122 cm³/mol. The van der Waals surface area contributed by atoms with Crippen molar-refractivity contribution >= 4 is 12.7 Å². The molecule has 4 aromatic carbocycles. The third kappa shape index (κ3) is 4.56. The molecule has 33 heavy (non-hydrogen) atoms. The molecule has 1 unspecified atom stereocenters. The summed E-state index contributed by atoms with van der Waals surface area (Å²) in [6, 6.07) is 27.4. The predicted octanol–water partition coefficient (Wildman–Crippen LogP) is 6.39. The molecule has 4 aromatic rings. The van der Waals surface area contributed by atoms with Gasteiger partial charge in [0, 0.05) is 11.5 Å². The van der Waals surface area contributed by atoms with Crippen molar-refractivity contribution in [2.24, 2.45) is 0 Å². The summed E-state index contributed by atoms with van der Waals surface area (Å²) >= 11 is 0. The quantitative estimate of drug-likeness (QED) is 0.105. The van der Waals surface area contributed by atoms with Crippen molar-refractivity contribution in [3.05, 3.63) is 136 Å². The van der Waals surface area contributed by atoms with Gasteiger partial charge in [0.25, 0.3) is 0 Å². The van der Waals surface area contributed by atoms with Crippen molar-refractivity contribution < 1.29 is 22.0 Å². The van der Waals surface area contributed by atoms with E-state index in [0.717, 1.165) is 22.2 Å². The van der Waals surface area contributed by atoms with Crippen LogP contribution in [0.3, 0.4) is 0 Å². The fraction of sp³-hybridized carbons (Fsp3) is 0.111. The van der Waals surface area contributed by atoms with E-state index >= 15 is 0 Å². The van der Waals surface area contributed by atoms with Gasteiger partial charge in [-0.3, -0.25) is 0 Å². The van der Waals surface area contributed by atoms with E-state index in [-0.39, 0.29) is 13.2 Å². The lowest BCUT2D eigenvalue weighted by Gasteiger charge is -2.20. The van der Waals surface area contributed by atoms with Gasteiger partial charge in [0.1, 0.15) is 0 Å². The van der Waals surface area contributed by atoms with Crippen LogP contribution in [0, 0.1) is 29.1 Å². The van der Waals surface area contributed by atoms with Gasteiger partial charge in [-0.15, -0.1) is 0 Å². The Labute approximate surface area is 190 Å². The Kier molecular flexibility index (Phi) is 6.63. The first kappa shape index (κ1) is 22.8. The van der Waals surface area contributed by atoms with Crippen molar-refractivity contribution in [3.63, 3.8) is 0 Å². The number of hydrogen-bond acceptors (Lipinski definition) is 0. The van der Waals surface area contributed by atoms with Crippen LogP contribution in [0.15, 0.2) is 84.9 Å². The number of benzene rings is 4. The molecule has 0 aromatic heterocycles. The maximum atomic E-state index is 14.3. The molecule has 0 spiro atoms. The van der Waals surface area contributed by atoms with Gasteiger partial charge in [-0.2, -0.15) is 0 Å². The van der Waals surface area contributed by atoms with Gasteiger partial charge >= 0.3 is 0 Å². The Morgan fingerprint density at radius 1 is 0.545 bits per heavy atom. The van der Waals surface area contributed by atoms with E-state index in [0.29, 0.717) is 0 Å². The van der Waals surface area contributed by atoms with Crippen molar-refractivity contribution in [2.75, 3.05) is 0 Å². The van der Waals surface area contributed by atoms with Crippen LogP contribution in [-0.4, -0.2) is 7.28 Å². The molecule has 0 fully saturated rings. The van der Waals surface area contributed by atoms with Crippen molar-refractivity contribution in [3.8, 4) is 0 Å². The summed E-state index contributed by atoms with van der Waals surface area (Å²) in [6.07, 6.45) is 0. The van der Waals surface area contributed by atoms with Crippen LogP contribution in [0.5, 0.6) is 0 Å². The lowest BCUT2D eigenvalue weighted by atomic mass is 9.57. The van der Waals surface area contributed by atoms with Crippen LogP contribution in [0.4, 0.5) is 22.0 Å². The van der Waals surface area contributed by atoms with Gasteiger partial charge in [0.15, 0.2) is 30.5 Å². The SMILES string of the molecule is CC(Bc1cccc(C(c2ccccc2)c2ccccc2)c1)c1c(F)c(F)c(F)c(F)c1F. The Morgan fingerprint density at radius 2 is 1.00 bits per heavy atom. The zero-order chi connectivity index (χ0) is 23.5. The van der Waals surface area contributed by atoms with Crippen LogP contribution in [0.25, 0.3) is 0 Å². The van der Waals surface area contributed by atoms with Gasteiger partial charge in [-0.05, 0) is 22.5 Å². The molecule has 0 aliphatic carbocycles. The Hall–Kier alpha value is -3.41. The van der Waals surface area contributed by atoms with Crippen molar-refractivity contribution in [2.45, 2.75) is 18.7 Å². The van der Waals surface area contributed by atoms with Gasteiger partial charge in [0.2, 0.25) is 5.82 Å². The molecule has 0 saturated heterocycles. The topological polar surface area (TPSA) is 0 Å². The lowest BCUT2D eigenvalue weighted by Crippen LogP contribution is -2.24. The molecule has 6 heteroatoms. The van der Waals surface area contributed by atoms with Crippen molar-refractivity contribution in [1.82, 2.24) is 0 Å². The third-order valence-corrected chi connectivity index (χ3v) is 5.83. The first-order valence-corrected chi connectivity index (χ1v) is 10.6. The smallest absolute Gasteiger partial charge is 0.200 e. The highest BCUT2D eigenvalue weighted by molar-refractivity contribution is 6.55. The fourth-order valence-corrected chi connectivity index (χ4v) is 4.28. The zero-order valence-corrected chi connectivity index (χ0v) is 17.8. The van der Waals surface area contributed by atoms with E-state index in [4.69, 9.17) is 0 Å². The summed E-state index contributed by atoms with van der Waals surface area (Å²) in [7, 11) is 0.114. The van der Waals surface area contributed by atoms with E-state index in [1.165, 1.54) is 6.92 Å². The van der Waals surface area contributed by atoms with Crippen LogP contribution < -0.4 is 5.46 Å². The summed E-state index contributed by atoms with van der Waals surface area (Å²) in [5, 5.41) is 0. The molecule has 0 saturated carbocycles. The van der Waals surface area contributed by atoms with Crippen LogP contribution in [-0.2, 0) is 0 Å². The molecule has 0 amide bonds. The molecule has 166 valence electrons. The average molecular weight is 450 g/mol. The summed E-state index contributed by atoms with van der Waals surface area (Å²) in [4.78, 5) is 0. The molecule has 0 bridgehead atoms. The minimum atomic E-state index is -2.14. The van der Waals surface area contributed by atoms with Crippen molar-refractivity contribution in [1.29, 1.82) is 0 Å². The maximum absolute atomic E-state index is 14.3. The molecule has 0 heterocycles. The summed E-state index contributed by atoms with van der Waals surface area (Å²) in [5.41, 5.74) is 3.07. The number of hydrogen-bond donors (Lipinski definition) is 0. The first-order chi connectivity index (χ1) is 15.9. The van der Waals surface area contributed by atoms with E-state index in [1.807, 2.05) is 78.9 Å². The molecule has 0 radical (unpaired) electrons. The van der Waals surface area contributed by atoms with Crippen LogP contribution in [0.1, 0.15) is 40.9 Å². The minimum Gasteiger partial charge on any atom is -0.203 e. The maximum Gasteiger partial charge on any atom is 0.200 e. The lowest BCUT2D eigenvalue weighted by molar-refractivity contribution is 0.370. The average Bonchev–Trinajstić information content (AvgIpc) is 2.83. The Balaban J connectivity index is 1.71. The molecular formula is C27H20BF5. The van der Waals surface area contributed by atoms with Crippen LogP contribution >= 0.6 is 0 Å². The van der Waals surface area contributed by atoms with E-state index in [1.54, 1.807) is 6.07 Å². The summed E-state index contributed by atoms with van der Waals surface area (Å²) in [6.45, 7) is 1.46. The fourth-order valence-electron chi connectivity index (χ4n) is 4.28. The normalized spacial score (nSPS) is 12.1. The highest BCUT2D eigenvalue weighted by atomic mass is 19.2. The Morgan fingerprint density at radius 3 is 1.52 bits per heavy atom. The molecule has 4 rings (SSSR count). The van der Waals surface area contributed by atoms with Gasteiger partial charge in [0.05, 0.1) is 0 Å². The highest BCUT2D eigenvalue weighted by Gasteiger charge is 2.29. The van der Waals surface area contributed by atoms with E-state index in [2.05, 4.69) is 0 Å². The summed E-state index contributed by atoms with van der Waals surface area (Å²) < 4.78 is 69.4. The molecule has 0 aliphatic heterocycles. The standard InChI is InChI=1S/C27H20BF5/c1-16(21-23(29)25(31)27(33)26(32)24(21)30)28-20-14-8-13-19(15-20)22(17-9-4-2-5-10-17)18-11-6-3-7-12-18/h2-16,22,28H,1H3. The van der Waals surface area contributed by atoms with E-state index in [9.17, 15) is 22.0 Å². The first-order valence-electron chi connectivity index (χ1n) is 10.6. The second-order valence-corrected chi connectivity index (χ2v) is 8.09. The monoisotopic (exact) mass is 450 g/mol. The zero-order valence-electron chi connectivity index (χ0n) is 17.8. The Bertz CT molecular complexity index is 1190. The van der Waals surface area contributed by atoms with Gasteiger partial charge in [-0.1, -0.05) is 97.3 Å². The largest absolute Gasteiger partial charge is 0.203 e. The second-order valence-electron chi connectivity index (χ2n) is 8.09. The third-order valence-electron chi connectivity index (χ3n) is 5.83.